The van der Waals surface area contributed by atoms with E-state index in [0.29, 0.717) is 5.75 Å². The van der Waals surface area contributed by atoms with Crippen LogP contribution in [-0.4, -0.2) is 29.2 Å². The number of rotatable bonds is 6. The van der Waals surface area contributed by atoms with Gasteiger partial charge in [0.05, 0.1) is 10.8 Å². The maximum absolute atomic E-state index is 12.8. The molecule has 0 aromatic heterocycles. The van der Waals surface area contributed by atoms with Crippen LogP contribution in [0.4, 0.5) is 5.69 Å². The van der Waals surface area contributed by atoms with Crippen molar-refractivity contribution in [1.29, 1.82) is 0 Å². The largest absolute Gasteiger partial charge is 0.478 e. The molecule has 0 bridgehead atoms. The van der Waals surface area contributed by atoms with Gasteiger partial charge in [-0.25, -0.2) is 4.79 Å². The van der Waals surface area contributed by atoms with Crippen LogP contribution in [0.25, 0.3) is 0 Å². The first-order valence-electron chi connectivity index (χ1n) is 9.25. The average Bonchev–Trinajstić information content (AvgIpc) is 2.87. The molecule has 1 N–H and O–H groups in total. The van der Waals surface area contributed by atoms with E-state index in [9.17, 15) is 9.59 Å². The molecule has 1 unspecified atom stereocenters. The molecule has 1 aliphatic rings. The number of carboxylic acid groups (broad SMARTS) is 1. The molecule has 1 aliphatic heterocycles. The average molecular weight is 396 g/mol. The van der Waals surface area contributed by atoms with Crippen molar-refractivity contribution in [3.63, 3.8) is 0 Å². The first-order valence-corrected chi connectivity index (χ1v) is 10.3. The van der Waals surface area contributed by atoms with Crippen molar-refractivity contribution in [2.45, 2.75) is 37.2 Å². The predicted octanol–water partition coefficient (Wildman–Crippen LogP) is 4.89. The summed E-state index contributed by atoms with van der Waals surface area (Å²) in [7, 11) is 2.01. The third kappa shape index (κ3) is 3.85. The zero-order chi connectivity index (χ0) is 20.5. The highest BCUT2D eigenvalue weighted by molar-refractivity contribution is 7.99. The van der Waals surface area contributed by atoms with Gasteiger partial charge >= 0.3 is 5.97 Å². The number of carboxylic acids is 1. The number of ketones is 1. The predicted molar refractivity (Wildman–Crippen MR) is 115 cm³/mol. The lowest BCUT2D eigenvalue weighted by atomic mass is 9.83. The van der Waals surface area contributed by atoms with E-state index in [1.165, 1.54) is 5.56 Å². The van der Waals surface area contributed by atoms with Gasteiger partial charge in [-0.3, -0.25) is 4.79 Å². The number of nitrogens with zero attached hydrogens (tertiary/aromatic N) is 1. The lowest BCUT2D eigenvalue weighted by molar-refractivity contribution is -0.114. The van der Waals surface area contributed by atoms with Gasteiger partial charge in [-0.2, -0.15) is 0 Å². The summed E-state index contributed by atoms with van der Waals surface area (Å²) in [6, 6.07) is 15.1. The third-order valence-electron chi connectivity index (χ3n) is 5.32. The van der Waals surface area contributed by atoms with Crippen molar-refractivity contribution < 1.29 is 14.7 Å². The summed E-state index contributed by atoms with van der Waals surface area (Å²) in [5, 5.41) is 8.79. The Labute approximate surface area is 170 Å². The molecule has 4 nitrogen and oxygen atoms in total. The van der Waals surface area contributed by atoms with Crippen molar-refractivity contribution in [3.05, 3.63) is 77.0 Å². The number of carbonyl (C=O) groups excluding carboxylic acids is 1. The van der Waals surface area contributed by atoms with Crippen molar-refractivity contribution >= 4 is 29.2 Å². The molecule has 1 heterocycles. The van der Waals surface area contributed by atoms with Crippen LogP contribution in [0, 0.1) is 0 Å². The number of anilines is 1. The van der Waals surface area contributed by atoms with E-state index >= 15 is 0 Å². The maximum Gasteiger partial charge on any atom is 0.335 e. The summed E-state index contributed by atoms with van der Waals surface area (Å²) in [4.78, 5) is 25.9. The highest BCUT2D eigenvalue weighted by atomic mass is 32.2. The van der Waals surface area contributed by atoms with Gasteiger partial charge in [0.1, 0.15) is 0 Å². The molecule has 5 heteroatoms. The summed E-state index contributed by atoms with van der Waals surface area (Å²) in [6.45, 7) is 6.22. The molecular weight excluding hydrogens is 370 g/mol. The van der Waals surface area contributed by atoms with Crippen LogP contribution in [0.5, 0.6) is 0 Å². The molecule has 0 aliphatic carbocycles. The number of likely N-dealkylation sites (N-methyl/N-ethyl adjacent to an activating group) is 1. The Kier molecular flexibility index (Phi) is 5.66. The highest BCUT2D eigenvalue weighted by Gasteiger charge is 2.38. The molecule has 0 saturated carbocycles. The second-order valence-corrected chi connectivity index (χ2v) is 8.92. The topological polar surface area (TPSA) is 57.6 Å². The van der Waals surface area contributed by atoms with Gasteiger partial charge < -0.3 is 10.0 Å². The minimum atomic E-state index is -0.932. The second kappa shape index (κ2) is 7.84. The van der Waals surface area contributed by atoms with Crippen molar-refractivity contribution in [2.24, 2.45) is 0 Å². The second-order valence-electron chi connectivity index (χ2n) is 7.59. The van der Waals surface area contributed by atoms with E-state index in [1.54, 1.807) is 42.1 Å². The minimum absolute atomic E-state index is 0.0925. The molecule has 146 valence electrons. The molecule has 0 saturated heterocycles. The zero-order valence-corrected chi connectivity index (χ0v) is 17.4. The Balaban J connectivity index is 1.69. The first-order chi connectivity index (χ1) is 13.2. The molecular formula is C23H25NO3S. The Hall–Kier alpha value is -2.53. The molecule has 3 rings (SSSR count). The van der Waals surface area contributed by atoms with Crippen LogP contribution in [0.2, 0.25) is 0 Å². The van der Waals surface area contributed by atoms with E-state index in [0.717, 1.165) is 16.9 Å². The lowest BCUT2D eigenvalue weighted by Gasteiger charge is -2.24. The fraction of sp³-hybridized carbons (Fsp3) is 0.304. The Morgan fingerprint density at radius 3 is 2.39 bits per heavy atom. The number of fused-ring (bicyclic) bond motifs is 1. The number of allylic oxidation sites excluding steroid dienone is 2. The molecule has 2 aromatic carbocycles. The Morgan fingerprint density at radius 1 is 1.14 bits per heavy atom. The summed E-state index contributed by atoms with van der Waals surface area (Å²) in [5.74, 6) is -0.177. The first kappa shape index (κ1) is 20.2. The lowest BCUT2D eigenvalue weighted by Crippen LogP contribution is -2.25. The molecule has 28 heavy (non-hydrogen) atoms. The number of para-hydroxylation sites is 1. The van der Waals surface area contributed by atoms with E-state index in [-0.39, 0.29) is 22.0 Å². The zero-order valence-electron chi connectivity index (χ0n) is 16.6. The third-order valence-corrected chi connectivity index (χ3v) is 6.55. The van der Waals surface area contributed by atoms with Gasteiger partial charge in [0.15, 0.2) is 5.78 Å². The molecule has 0 radical (unpaired) electrons. The van der Waals surface area contributed by atoms with Gasteiger partial charge in [0, 0.05) is 35.7 Å². The van der Waals surface area contributed by atoms with Crippen molar-refractivity contribution in [2.75, 3.05) is 11.9 Å². The number of hydrogen-bond acceptors (Lipinski definition) is 4. The normalized spacial score (nSPS) is 17.4. The van der Waals surface area contributed by atoms with Crippen LogP contribution >= 0.6 is 11.8 Å². The molecule has 0 spiro atoms. The number of carbonyl (C=O) groups is 2. The Bertz CT molecular complexity index is 931. The fourth-order valence-corrected chi connectivity index (χ4v) is 4.43. The quantitative estimate of drug-likeness (QED) is 0.706. The smallest absolute Gasteiger partial charge is 0.335 e. The van der Waals surface area contributed by atoms with Crippen LogP contribution in [0.3, 0.4) is 0 Å². The van der Waals surface area contributed by atoms with E-state index in [4.69, 9.17) is 5.11 Å². The highest BCUT2D eigenvalue weighted by Crippen LogP contribution is 2.46. The summed E-state index contributed by atoms with van der Waals surface area (Å²) in [5.41, 5.74) is 4.46. The van der Waals surface area contributed by atoms with Gasteiger partial charge in [0.25, 0.3) is 0 Å². The number of hydrogen-bond donors (Lipinski definition) is 1. The monoisotopic (exact) mass is 395 g/mol. The van der Waals surface area contributed by atoms with Gasteiger partial charge in [-0.1, -0.05) is 44.2 Å². The van der Waals surface area contributed by atoms with Crippen molar-refractivity contribution in [3.8, 4) is 0 Å². The van der Waals surface area contributed by atoms with E-state index in [2.05, 4.69) is 30.9 Å². The number of thioether (sulfide) groups is 1. The van der Waals surface area contributed by atoms with Gasteiger partial charge in [-0.05, 0) is 36.2 Å². The Morgan fingerprint density at radius 2 is 1.79 bits per heavy atom. The fourth-order valence-electron chi connectivity index (χ4n) is 3.56. The van der Waals surface area contributed by atoms with Crippen molar-refractivity contribution in [1.82, 2.24) is 0 Å². The number of aromatic carboxylic acids is 1. The van der Waals surface area contributed by atoms with Crippen LogP contribution in [0.1, 0.15) is 42.3 Å². The standard InChI is InChI=1S/C23H25NO3S/c1-15(28-14-16-9-11-17(12-10-16)22(26)27)20(25)13-21-23(2,3)18-7-5-6-8-19(18)24(21)4/h5-13,15H,14H2,1-4H3,(H,26,27). The molecule has 1 atom stereocenters. The summed E-state index contributed by atoms with van der Waals surface area (Å²) in [6.07, 6.45) is 1.78. The van der Waals surface area contributed by atoms with E-state index < -0.39 is 5.97 Å². The summed E-state index contributed by atoms with van der Waals surface area (Å²) >= 11 is 1.56. The van der Waals surface area contributed by atoms with E-state index in [1.807, 2.05) is 26.1 Å². The minimum Gasteiger partial charge on any atom is -0.478 e. The van der Waals surface area contributed by atoms with Crippen LogP contribution in [0.15, 0.2) is 60.3 Å². The summed E-state index contributed by atoms with van der Waals surface area (Å²) < 4.78 is 0. The number of benzene rings is 2. The van der Waals surface area contributed by atoms with Crippen LogP contribution < -0.4 is 4.90 Å². The maximum atomic E-state index is 12.8. The van der Waals surface area contributed by atoms with Gasteiger partial charge in [-0.15, -0.1) is 11.8 Å². The molecule has 2 aromatic rings. The SMILES string of the molecule is CC(SCc1ccc(C(=O)O)cc1)C(=O)C=C1N(C)c2ccccc2C1(C)C. The molecule has 0 amide bonds. The van der Waals surface area contributed by atoms with Crippen LogP contribution in [-0.2, 0) is 16.0 Å². The molecule has 0 fully saturated rings. The van der Waals surface area contributed by atoms with Gasteiger partial charge in [0.2, 0.25) is 0 Å².